The number of nitrogens with one attached hydrogen (secondary N) is 1. The average Bonchev–Trinajstić information content (AvgIpc) is 2.50. The number of pyridine rings is 1. The van der Waals surface area contributed by atoms with Gasteiger partial charge in [0.2, 0.25) is 0 Å². The van der Waals surface area contributed by atoms with Gasteiger partial charge in [0.25, 0.3) is 0 Å². The lowest BCUT2D eigenvalue weighted by atomic mass is 10.1. The monoisotopic (exact) mass is 267 g/mol. The minimum Gasteiger partial charge on any atom is -0.310 e. The number of rotatable bonds is 2. The van der Waals surface area contributed by atoms with Crippen LogP contribution in [0.25, 0.3) is 11.1 Å². The zero-order valence-electron chi connectivity index (χ0n) is 10.8. The second-order valence-corrected chi connectivity index (χ2v) is 4.66. The van der Waals surface area contributed by atoms with E-state index in [1.807, 2.05) is 29.0 Å². The number of benzene rings is 1. The molecule has 1 atom stereocenters. The van der Waals surface area contributed by atoms with Gasteiger partial charge in [0, 0.05) is 18.8 Å². The van der Waals surface area contributed by atoms with Crippen molar-refractivity contribution in [3.8, 4) is 11.1 Å². The van der Waals surface area contributed by atoms with Crippen LogP contribution in [0.4, 0.5) is 4.39 Å². The maximum absolute atomic E-state index is 13.0. The van der Waals surface area contributed by atoms with Crippen LogP contribution >= 0.6 is 0 Å². The van der Waals surface area contributed by atoms with E-state index >= 15 is 0 Å². The standard InChI is InChI=1S/C16H14FN3/c17-14-7-4-12(5-8-14)13-6-9-15(18)20(11-13)16-3-1-2-10-19-16/h1-2,4-11,16,18H,3H2. The molecule has 3 nitrogen and oxygen atoms in total. The number of aliphatic imine (C=N–C) groups is 1. The lowest BCUT2D eigenvalue weighted by molar-refractivity contribution is 0.504. The van der Waals surface area contributed by atoms with Gasteiger partial charge in [0.05, 0.1) is 0 Å². The van der Waals surface area contributed by atoms with Gasteiger partial charge in [-0.15, -0.1) is 0 Å². The number of aromatic nitrogens is 1. The Morgan fingerprint density at radius 2 is 1.85 bits per heavy atom. The normalized spacial score (nSPS) is 17.4. The Kier molecular flexibility index (Phi) is 3.29. The van der Waals surface area contributed by atoms with Gasteiger partial charge in [0.15, 0.2) is 0 Å². The largest absolute Gasteiger partial charge is 0.310 e. The van der Waals surface area contributed by atoms with E-state index < -0.39 is 0 Å². The van der Waals surface area contributed by atoms with E-state index in [0.29, 0.717) is 5.49 Å². The molecule has 100 valence electrons. The number of hydrogen-bond donors (Lipinski definition) is 1. The van der Waals surface area contributed by atoms with Crippen molar-refractivity contribution in [2.45, 2.75) is 12.6 Å². The van der Waals surface area contributed by atoms with Gasteiger partial charge >= 0.3 is 0 Å². The minimum absolute atomic E-state index is 0.0760. The molecule has 0 saturated carbocycles. The third-order valence-electron chi connectivity index (χ3n) is 3.30. The summed E-state index contributed by atoms with van der Waals surface area (Å²) in [6.07, 6.45) is 8.30. The van der Waals surface area contributed by atoms with Crippen LogP contribution in [0.1, 0.15) is 12.6 Å². The number of allylic oxidation sites excluding steroid dienone is 1. The van der Waals surface area contributed by atoms with Crippen molar-refractivity contribution < 1.29 is 4.39 Å². The molecule has 1 aromatic heterocycles. The highest BCUT2D eigenvalue weighted by molar-refractivity contribution is 5.72. The second kappa shape index (κ2) is 5.25. The molecule has 1 unspecified atom stereocenters. The van der Waals surface area contributed by atoms with E-state index in [9.17, 15) is 4.39 Å². The Labute approximate surface area is 116 Å². The van der Waals surface area contributed by atoms with Crippen molar-refractivity contribution in [2.75, 3.05) is 0 Å². The van der Waals surface area contributed by atoms with Gasteiger partial charge in [-0.25, -0.2) is 4.39 Å². The topological polar surface area (TPSA) is 41.1 Å². The molecule has 2 aromatic rings. The molecule has 0 amide bonds. The van der Waals surface area contributed by atoms with E-state index in [4.69, 9.17) is 5.41 Å². The lowest BCUT2D eigenvalue weighted by Crippen LogP contribution is -2.23. The Balaban J connectivity index is 2.02. The SMILES string of the molecule is N=c1ccc(-c2ccc(F)cc2)cn1C1CC=CC=N1. The number of dihydropyridines is 1. The van der Waals surface area contributed by atoms with Gasteiger partial charge in [-0.05, 0) is 41.5 Å². The number of nitrogens with zero attached hydrogens (tertiary/aromatic N) is 2. The predicted molar refractivity (Wildman–Crippen MR) is 77.0 cm³/mol. The first kappa shape index (κ1) is 12.5. The predicted octanol–water partition coefficient (Wildman–Crippen LogP) is 3.30. The first-order chi connectivity index (χ1) is 9.74. The van der Waals surface area contributed by atoms with Crippen molar-refractivity contribution in [3.63, 3.8) is 0 Å². The van der Waals surface area contributed by atoms with E-state index in [1.165, 1.54) is 12.1 Å². The Morgan fingerprint density at radius 3 is 2.55 bits per heavy atom. The first-order valence-corrected chi connectivity index (χ1v) is 6.45. The van der Waals surface area contributed by atoms with Crippen molar-refractivity contribution in [1.29, 1.82) is 5.41 Å². The molecular weight excluding hydrogens is 253 g/mol. The third-order valence-corrected chi connectivity index (χ3v) is 3.30. The van der Waals surface area contributed by atoms with E-state index in [2.05, 4.69) is 4.99 Å². The van der Waals surface area contributed by atoms with E-state index in [-0.39, 0.29) is 12.0 Å². The lowest BCUT2D eigenvalue weighted by Gasteiger charge is -2.18. The summed E-state index contributed by atoms with van der Waals surface area (Å²) < 4.78 is 14.8. The molecule has 4 heteroatoms. The summed E-state index contributed by atoms with van der Waals surface area (Å²) in [7, 11) is 0. The molecule has 20 heavy (non-hydrogen) atoms. The highest BCUT2D eigenvalue weighted by Crippen LogP contribution is 2.21. The first-order valence-electron chi connectivity index (χ1n) is 6.45. The van der Waals surface area contributed by atoms with Crippen LogP contribution in [0.2, 0.25) is 0 Å². The zero-order valence-corrected chi connectivity index (χ0v) is 10.8. The van der Waals surface area contributed by atoms with Crippen molar-refractivity contribution in [1.82, 2.24) is 4.57 Å². The van der Waals surface area contributed by atoms with Crippen LogP contribution in [-0.4, -0.2) is 10.8 Å². The molecule has 0 bridgehead atoms. The van der Waals surface area contributed by atoms with Gasteiger partial charge in [-0.1, -0.05) is 18.2 Å². The van der Waals surface area contributed by atoms with Crippen molar-refractivity contribution >= 4 is 6.21 Å². The average molecular weight is 267 g/mol. The van der Waals surface area contributed by atoms with Gasteiger partial charge < -0.3 is 4.57 Å². The highest BCUT2D eigenvalue weighted by Gasteiger charge is 2.10. The molecule has 1 aromatic carbocycles. The van der Waals surface area contributed by atoms with Gasteiger partial charge in [-0.3, -0.25) is 10.4 Å². The summed E-state index contributed by atoms with van der Waals surface area (Å²) in [5.41, 5.74) is 2.29. The van der Waals surface area contributed by atoms with Gasteiger partial charge in [0.1, 0.15) is 17.5 Å². The summed E-state index contributed by atoms with van der Waals surface area (Å²) in [5.74, 6) is -0.249. The molecule has 0 aliphatic carbocycles. The van der Waals surface area contributed by atoms with Crippen LogP contribution in [0.3, 0.4) is 0 Å². The minimum atomic E-state index is -0.249. The van der Waals surface area contributed by atoms with Crippen molar-refractivity contribution in [2.24, 2.45) is 4.99 Å². The molecule has 0 saturated heterocycles. The highest BCUT2D eigenvalue weighted by atomic mass is 19.1. The molecule has 0 fully saturated rings. The molecule has 1 N–H and O–H groups in total. The fourth-order valence-corrected chi connectivity index (χ4v) is 2.23. The maximum atomic E-state index is 13.0. The molecule has 3 rings (SSSR count). The number of hydrogen-bond acceptors (Lipinski definition) is 2. The summed E-state index contributed by atoms with van der Waals surface area (Å²) in [4.78, 5) is 4.38. The Morgan fingerprint density at radius 1 is 1.10 bits per heavy atom. The number of halogens is 1. The molecule has 0 spiro atoms. The van der Waals surface area contributed by atoms with E-state index in [1.54, 1.807) is 24.4 Å². The van der Waals surface area contributed by atoms with Crippen LogP contribution in [0.15, 0.2) is 59.7 Å². The van der Waals surface area contributed by atoms with E-state index in [0.717, 1.165) is 17.5 Å². The summed E-state index contributed by atoms with van der Waals surface area (Å²) >= 11 is 0. The molecule has 0 radical (unpaired) electrons. The molecular formula is C16H14FN3. The molecule has 1 aliphatic heterocycles. The Hall–Kier alpha value is -2.49. The second-order valence-electron chi connectivity index (χ2n) is 4.66. The van der Waals surface area contributed by atoms with Gasteiger partial charge in [-0.2, -0.15) is 0 Å². The van der Waals surface area contributed by atoms with Crippen LogP contribution in [-0.2, 0) is 0 Å². The summed E-state index contributed by atoms with van der Waals surface area (Å²) in [6.45, 7) is 0. The smallest absolute Gasteiger partial charge is 0.129 e. The summed E-state index contributed by atoms with van der Waals surface area (Å²) in [5, 5.41) is 8.01. The fourth-order valence-electron chi connectivity index (χ4n) is 2.23. The molecule has 1 aliphatic rings. The summed E-state index contributed by atoms with van der Waals surface area (Å²) in [6, 6.07) is 9.97. The van der Waals surface area contributed by atoms with Crippen LogP contribution in [0, 0.1) is 11.2 Å². The quantitative estimate of drug-likeness (QED) is 0.867. The van der Waals surface area contributed by atoms with Crippen molar-refractivity contribution in [3.05, 3.63) is 66.1 Å². The zero-order chi connectivity index (χ0) is 13.9. The van der Waals surface area contributed by atoms with Crippen LogP contribution in [0.5, 0.6) is 0 Å². The molecule has 2 heterocycles. The Bertz CT molecular complexity index is 726. The third kappa shape index (κ3) is 2.45. The van der Waals surface area contributed by atoms with Crippen LogP contribution < -0.4 is 5.49 Å². The fraction of sp³-hybridized carbons (Fsp3) is 0.125. The maximum Gasteiger partial charge on any atom is 0.129 e.